The number of nitrogens with zero attached hydrogens (tertiary/aromatic N) is 1. The molecule has 2 heterocycles. The fourth-order valence-electron chi connectivity index (χ4n) is 5.06. The monoisotopic (exact) mass is 531 g/mol. The van der Waals surface area contributed by atoms with Crippen molar-refractivity contribution in [2.24, 2.45) is 5.92 Å². The number of rotatable bonds is 7. The van der Waals surface area contributed by atoms with Crippen molar-refractivity contribution in [3.05, 3.63) is 76.5 Å². The van der Waals surface area contributed by atoms with Gasteiger partial charge in [0.1, 0.15) is 17.1 Å². The molecule has 2 aromatic carbocycles. The van der Waals surface area contributed by atoms with E-state index in [1.807, 2.05) is 49.9 Å². The van der Waals surface area contributed by atoms with Crippen LogP contribution in [-0.4, -0.2) is 40.2 Å². The van der Waals surface area contributed by atoms with Crippen molar-refractivity contribution < 1.29 is 19.4 Å². The summed E-state index contributed by atoms with van der Waals surface area (Å²) in [6.07, 6.45) is 6.23. The van der Waals surface area contributed by atoms with Gasteiger partial charge in [-0.3, -0.25) is 9.59 Å². The molecule has 1 fully saturated rings. The van der Waals surface area contributed by atoms with E-state index < -0.39 is 0 Å². The molecule has 0 atom stereocenters. The van der Waals surface area contributed by atoms with Crippen molar-refractivity contribution in [3.63, 3.8) is 0 Å². The zero-order valence-electron chi connectivity index (χ0n) is 21.8. The number of hydrogen-bond donors (Lipinski definition) is 3. The van der Waals surface area contributed by atoms with Crippen LogP contribution in [0, 0.1) is 19.8 Å². The van der Waals surface area contributed by atoms with Crippen LogP contribution >= 0.6 is 11.8 Å². The number of aryl methyl sites for hydroxylation is 3. The first-order valence-corrected chi connectivity index (χ1v) is 14.1. The van der Waals surface area contributed by atoms with E-state index in [0.29, 0.717) is 35.2 Å². The van der Waals surface area contributed by atoms with Gasteiger partial charge in [0, 0.05) is 29.4 Å². The molecule has 2 amide bonds. The summed E-state index contributed by atoms with van der Waals surface area (Å²) in [5.74, 6) is 1.96. The quantitative estimate of drug-likeness (QED) is 0.369. The van der Waals surface area contributed by atoms with E-state index in [2.05, 4.69) is 21.7 Å². The predicted octanol–water partition coefficient (Wildman–Crippen LogP) is 5.56. The van der Waals surface area contributed by atoms with E-state index in [4.69, 9.17) is 4.74 Å². The van der Waals surface area contributed by atoms with Crippen LogP contribution in [0.1, 0.15) is 63.1 Å². The lowest BCUT2D eigenvalue weighted by Gasteiger charge is -2.29. The Hall–Kier alpha value is -3.52. The minimum absolute atomic E-state index is 0.00273. The average Bonchev–Trinajstić information content (AvgIpc) is 3.37. The number of hydrogen-bond acceptors (Lipinski definition) is 6. The van der Waals surface area contributed by atoms with Gasteiger partial charge in [-0.2, -0.15) is 0 Å². The third-order valence-corrected chi connectivity index (χ3v) is 8.35. The van der Waals surface area contributed by atoms with E-state index in [1.165, 1.54) is 10.5 Å². The van der Waals surface area contributed by atoms with Gasteiger partial charge in [-0.15, -0.1) is 11.8 Å². The Morgan fingerprint density at radius 3 is 2.61 bits per heavy atom. The highest BCUT2D eigenvalue weighted by molar-refractivity contribution is 7.99. The van der Waals surface area contributed by atoms with Crippen molar-refractivity contribution in [1.29, 1.82) is 0 Å². The largest absolute Gasteiger partial charge is 0.507 e. The van der Waals surface area contributed by atoms with Crippen molar-refractivity contribution >= 4 is 23.6 Å². The van der Waals surface area contributed by atoms with Gasteiger partial charge < -0.3 is 20.5 Å². The summed E-state index contributed by atoms with van der Waals surface area (Å²) in [6.45, 7) is 4.34. The Balaban J connectivity index is 1.14. The molecule has 8 heteroatoms. The van der Waals surface area contributed by atoms with Gasteiger partial charge in [-0.05, 0) is 98.9 Å². The number of pyridine rings is 1. The Bertz CT molecular complexity index is 1350. The normalized spacial score (nSPS) is 18.5. The zero-order chi connectivity index (χ0) is 26.6. The maximum absolute atomic E-state index is 13.1. The highest BCUT2D eigenvalue weighted by atomic mass is 32.2. The summed E-state index contributed by atoms with van der Waals surface area (Å²) in [5.41, 5.74) is 3.86. The van der Waals surface area contributed by atoms with Crippen molar-refractivity contribution in [2.45, 2.75) is 56.9 Å². The van der Waals surface area contributed by atoms with Crippen molar-refractivity contribution in [3.8, 4) is 17.4 Å². The van der Waals surface area contributed by atoms with E-state index in [-0.39, 0.29) is 23.6 Å². The fraction of sp³-hybridized carbons (Fsp3) is 0.367. The molecule has 0 unspecified atom stereocenters. The van der Waals surface area contributed by atoms with Crippen LogP contribution in [0.3, 0.4) is 0 Å². The van der Waals surface area contributed by atoms with E-state index in [0.717, 1.165) is 49.0 Å². The molecule has 1 aliphatic carbocycles. The number of aromatic nitrogens is 1. The lowest BCUT2D eigenvalue weighted by molar-refractivity contribution is 0.0917. The molecule has 7 nitrogen and oxygen atoms in total. The maximum atomic E-state index is 13.1. The summed E-state index contributed by atoms with van der Waals surface area (Å²) in [7, 11) is 0. The van der Waals surface area contributed by atoms with Gasteiger partial charge in [-0.1, -0.05) is 12.1 Å². The summed E-state index contributed by atoms with van der Waals surface area (Å²) >= 11 is 1.82. The summed E-state index contributed by atoms with van der Waals surface area (Å²) in [4.78, 5) is 31.4. The maximum Gasteiger partial charge on any atom is 0.256 e. The number of carbonyl (C=O) groups is 2. The molecule has 198 valence electrons. The van der Waals surface area contributed by atoms with Gasteiger partial charge in [0.25, 0.3) is 11.8 Å². The summed E-state index contributed by atoms with van der Waals surface area (Å²) in [6, 6.07) is 13.0. The molecule has 1 saturated carbocycles. The number of phenolic OH excluding ortho intramolecular Hbond substituents is 1. The van der Waals surface area contributed by atoms with Crippen LogP contribution in [-0.2, 0) is 6.42 Å². The second-order valence-corrected chi connectivity index (χ2v) is 11.4. The van der Waals surface area contributed by atoms with Gasteiger partial charge in [0.05, 0.1) is 5.56 Å². The number of thioether (sulfide) groups is 1. The predicted molar refractivity (Wildman–Crippen MR) is 148 cm³/mol. The fourth-order valence-corrected chi connectivity index (χ4v) is 6.16. The molecule has 0 bridgehead atoms. The van der Waals surface area contributed by atoms with Crippen LogP contribution in [0.4, 0.5) is 0 Å². The van der Waals surface area contributed by atoms with Gasteiger partial charge >= 0.3 is 0 Å². The summed E-state index contributed by atoms with van der Waals surface area (Å²) in [5, 5.41) is 16.2. The van der Waals surface area contributed by atoms with Crippen molar-refractivity contribution in [1.82, 2.24) is 15.6 Å². The number of aromatic hydroxyl groups is 1. The molecular formula is C30H33N3O4S. The third kappa shape index (κ3) is 6.13. The second kappa shape index (κ2) is 11.5. The Morgan fingerprint density at radius 1 is 1.00 bits per heavy atom. The van der Waals surface area contributed by atoms with Gasteiger partial charge in [0.15, 0.2) is 0 Å². The molecular weight excluding hydrogens is 498 g/mol. The van der Waals surface area contributed by atoms with E-state index >= 15 is 0 Å². The number of amides is 2. The first-order valence-electron chi connectivity index (χ1n) is 13.1. The minimum atomic E-state index is -0.249. The number of ether oxygens (including phenoxy) is 1. The second-order valence-electron chi connectivity index (χ2n) is 10.3. The molecule has 5 rings (SSSR count). The molecule has 0 radical (unpaired) electrons. The number of benzene rings is 2. The number of fused-ring (bicyclic) bond motifs is 1. The molecule has 38 heavy (non-hydrogen) atoms. The highest BCUT2D eigenvalue weighted by Gasteiger charge is 2.25. The van der Waals surface area contributed by atoms with Crippen LogP contribution in [0.25, 0.3) is 0 Å². The standard InChI is InChI=1S/C30H33N3O4S/c1-18-3-10-24(26(34)14-18)29(36)33-22-7-4-20(5-8-22)17-31-28(35)25-13-19(2)16-32-30(25)37-23-9-6-21-11-12-38-27(21)15-23/h3,6,9-10,13-16,20,22,34H,4-5,7-8,11-12,17H2,1-2H3,(H,31,35)(H,33,36). The highest BCUT2D eigenvalue weighted by Crippen LogP contribution is 2.35. The molecule has 3 N–H and O–H groups in total. The molecule has 3 aromatic rings. The lowest BCUT2D eigenvalue weighted by atomic mass is 9.86. The topological polar surface area (TPSA) is 101 Å². The Labute approximate surface area is 227 Å². The van der Waals surface area contributed by atoms with E-state index in [1.54, 1.807) is 18.3 Å². The van der Waals surface area contributed by atoms with Gasteiger partial charge in [-0.25, -0.2) is 4.98 Å². The smallest absolute Gasteiger partial charge is 0.256 e. The first-order chi connectivity index (χ1) is 18.4. The van der Waals surface area contributed by atoms with Crippen LogP contribution < -0.4 is 15.4 Å². The Kier molecular flexibility index (Phi) is 7.88. The van der Waals surface area contributed by atoms with Gasteiger partial charge in [0.2, 0.25) is 5.88 Å². The zero-order valence-corrected chi connectivity index (χ0v) is 22.6. The SMILES string of the molecule is Cc1ccc(C(=O)NC2CCC(CNC(=O)c3cc(C)cnc3Oc3ccc4c(c3)SCC4)CC2)c(O)c1. The molecule has 1 aromatic heterocycles. The minimum Gasteiger partial charge on any atom is -0.507 e. The lowest BCUT2D eigenvalue weighted by Crippen LogP contribution is -2.39. The number of nitrogens with one attached hydrogen (secondary N) is 2. The Morgan fingerprint density at radius 2 is 1.82 bits per heavy atom. The molecule has 0 spiro atoms. The molecule has 0 saturated heterocycles. The molecule has 2 aliphatic rings. The van der Waals surface area contributed by atoms with E-state index in [9.17, 15) is 14.7 Å². The van der Waals surface area contributed by atoms with Crippen LogP contribution in [0.5, 0.6) is 17.4 Å². The molecule has 1 aliphatic heterocycles. The first kappa shape index (κ1) is 26.1. The third-order valence-electron chi connectivity index (χ3n) is 7.25. The van der Waals surface area contributed by atoms with Crippen LogP contribution in [0.2, 0.25) is 0 Å². The number of carbonyl (C=O) groups excluding carboxylic acids is 2. The summed E-state index contributed by atoms with van der Waals surface area (Å²) < 4.78 is 6.06. The number of phenols is 1. The van der Waals surface area contributed by atoms with Crippen LogP contribution in [0.15, 0.2) is 53.6 Å². The van der Waals surface area contributed by atoms with Crippen molar-refractivity contribution in [2.75, 3.05) is 12.3 Å². The average molecular weight is 532 g/mol.